The summed E-state index contributed by atoms with van der Waals surface area (Å²) in [6.07, 6.45) is 13.1. The highest BCUT2D eigenvalue weighted by Crippen LogP contribution is 2.44. The van der Waals surface area contributed by atoms with E-state index in [0.717, 1.165) is 26.1 Å². The van der Waals surface area contributed by atoms with Crippen LogP contribution in [0.2, 0.25) is 0 Å². The Morgan fingerprint density at radius 2 is 2.04 bits per heavy atom. The van der Waals surface area contributed by atoms with Crippen LogP contribution in [-0.4, -0.2) is 28.7 Å². The second-order valence-electron chi connectivity index (χ2n) is 7.32. The maximum absolute atomic E-state index is 6.05. The van der Waals surface area contributed by atoms with E-state index in [1.54, 1.807) is 6.20 Å². The molecular formula is C22H31N3O. The zero-order valence-corrected chi connectivity index (χ0v) is 15.9. The third-order valence-electron chi connectivity index (χ3n) is 5.42. The largest absolute Gasteiger partial charge is 0.375 e. The number of rotatable bonds is 4. The van der Waals surface area contributed by atoms with E-state index in [1.165, 1.54) is 43.4 Å². The van der Waals surface area contributed by atoms with Crippen LogP contribution in [-0.2, 0) is 11.3 Å². The molecule has 2 aromatic rings. The SMILES string of the molecule is CCNCc1cccnc1.c1ccc(C2CCOC3(CCCC3)C2)nc1. The molecule has 0 radical (unpaired) electrons. The van der Waals surface area contributed by atoms with Crippen LogP contribution in [0.5, 0.6) is 0 Å². The Bertz CT molecular complexity index is 626. The van der Waals surface area contributed by atoms with Crippen molar-refractivity contribution in [3.8, 4) is 0 Å². The molecule has 1 aliphatic carbocycles. The predicted molar refractivity (Wildman–Crippen MR) is 105 cm³/mol. The van der Waals surface area contributed by atoms with Crippen molar-refractivity contribution in [3.05, 3.63) is 60.2 Å². The molecule has 3 heterocycles. The number of pyridine rings is 2. The Morgan fingerprint density at radius 1 is 1.15 bits per heavy atom. The van der Waals surface area contributed by atoms with E-state index in [1.807, 2.05) is 24.5 Å². The minimum Gasteiger partial charge on any atom is -0.375 e. The third kappa shape index (κ3) is 5.36. The molecule has 1 atom stereocenters. The first kappa shape index (κ1) is 19.0. The molecule has 4 heteroatoms. The summed E-state index contributed by atoms with van der Waals surface area (Å²) in [6.45, 7) is 4.94. The minimum atomic E-state index is 0.209. The van der Waals surface area contributed by atoms with E-state index in [9.17, 15) is 0 Å². The molecule has 1 saturated heterocycles. The molecule has 2 aromatic heterocycles. The zero-order chi connectivity index (χ0) is 18.1. The zero-order valence-electron chi connectivity index (χ0n) is 15.9. The fourth-order valence-corrected chi connectivity index (χ4v) is 4.04. The van der Waals surface area contributed by atoms with Gasteiger partial charge in [0.2, 0.25) is 0 Å². The Balaban J connectivity index is 0.000000170. The number of ether oxygens (including phenoxy) is 1. The van der Waals surface area contributed by atoms with E-state index in [4.69, 9.17) is 4.74 Å². The fraction of sp³-hybridized carbons (Fsp3) is 0.545. The van der Waals surface area contributed by atoms with Crippen LogP contribution in [0.3, 0.4) is 0 Å². The average Bonchev–Trinajstić information content (AvgIpc) is 3.16. The second-order valence-corrected chi connectivity index (χ2v) is 7.32. The Kier molecular flexibility index (Phi) is 7.15. The van der Waals surface area contributed by atoms with Gasteiger partial charge in [0.1, 0.15) is 0 Å². The van der Waals surface area contributed by atoms with Gasteiger partial charge >= 0.3 is 0 Å². The molecule has 4 rings (SSSR count). The number of hydrogen-bond acceptors (Lipinski definition) is 4. The molecule has 0 bridgehead atoms. The van der Waals surface area contributed by atoms with Crippen molar-refractivity contribution >= 4 is 0 Å². The van der Waals surface area contributed by atoms with Gasteiger partial charge in [-0.3, -0.25) is 9.97 Å². The Labute approximate surface area is 157 Å². The van der Waals surface area contributed by atoms with Gasteiger partial charge in [0, 0.05) is 43.4 Å². The van der Waals surface area contributed by atoms with Crippen molar-refractivity contribution in [1.82, 2.24) is 15.3 Å². The van der Waals surface area contributed by atoms with Crippen LogP contribution in [0.1, 0.15) is 62.6 Å². The summed E-state index contributed by atoms with van der Waals surface area (Å²) in [6, 6.07) is 10.3. The van der Waals surface area contributed by atoms with E-state index >= 15 is 0 Å². The summed E-state index contributed by atoms with van der Waals surface area (Å²) in [5.74, 6) is 0.619. The highest BCUT2D eigenvalue weighted by Gasteiger charge is 2.40. The van der Waals surface area contributed by atoms with E-state index in [-0.39, 0.29) is 5.60 Å². The predicted octanol–water partition coefficient (Wildman–Crippen LogP) is 4.48. The van der Waals surface area contributed by atoms with E-state index < -0.39 is 0 Å². The van der Waals surface area contributed by atoms with Crippen LogP contribution < -0.4 is 5.32 Å². The normalized spacial score (nSPS) is 21.2. The molecule has 1 aliphatic heterocycles. The van der Waals surface area contributed by atoms with Crippen LogP contribution in [0.4, 0.5) is 0 Å². The first-order chi connectivity index (χ1) is 12.8. The Hall–Kier alpha value is -1.78. The van der Waals surface area contributed by atoms with Crippen LogP contribution in [0.15, 0.2) is 48.9 Å². The summed E-state index contributed by atoms with van der Waals surface area (Å²) in [7, 11) is 0. The average molecular weight is 354 g/mol. The molecule has 140 valence electrons. The second kappa shape index (κ2) is 9.79. The lowest BCUT2D eigenvalue weighted by molar-refractivity contribution is -0.0809. The molecule has 1 spiro atoms. The summed E-state index contributed by atoms with van der Waals surface area (Å²) in [5.41, 5.74) is 2.71. The van der Waals surface area contributed by atoms with Gasteiger partial charge < -0.3 is 10.1 Å². The Morgan fingerprint density at radius 3 is 2.73 bits per heavy atom. The highest BCUT2D eigenvalue weighted by atomic mass is 16.5. The summed E-state index contributed by atoms with van der Waals surface area (Å²) < 4.78 is 6.05. The van der Waals surface area contributed by atoms with Gasteiger partial charge in [-0.1, -0.05) is 31.9 Å². The number of nitrogens with zero attached hydrogens (tertiary/aromatic N) is 2. The summed E-state index contributed by atoms with van der Waals surface area (Å²) >= 11 is 0. The fourth-order valence-electron chi connectivity index (χ4n) is 4.04. The van der Waals surface area contributed by atoms with Crippen molar-refractivity contribution in [2.45, 2.75) is 63.5 Å². The lowest BCUT2D eigenvalue weighted by Gasteiger charge is -2.38. The van der Waals surface area contributed by atoms with E-state index in [0.29, 0.717) is 5.92 Å². The maximum Gasteiger partial charge on any atom is 0.0689 e. The van der Waals surface area contributed by atoms with Gasteiger partial charge in [0.25, 0.3) is 0 Å². The van der Waals surface area contributed by atoms with Crippen LogP contribution in [0.25, 0.3) is 0 Å². The topological polar surface area (TPSA) is 47.0 Å². The number of aromatic nitrogens is 2. The first-order valence-corrected chi connectivity index (χ1v) is 9.96. The third-order valence-corrected chi connectivity index (χ3v) is 5.42. The van der Waals surface area contributed by atoms with Crippen molar-refractivity contribution in [3.63, 3.8) is 0 Å². The molecule has 4 nitrogen and oxygen atoms in total. The molecule has 0 amide bonds. The quantitative estimate of drug-likeness (QED) is 0.880. The molecular weight excluding hydrogens is 322 g/mol. The standard InChI is InChI=1S/C14H19NO.C8H12N2/c1-4-9-15-13(5-1)12-6-10-16-14(11-12)7-2-3-8-14;1-2-9-6-8-4-3-5-10-7-8/h1,4-5,9,12H,2-3,6-8,10-11H2;3-5,7,9H,2,6H2,1H3. The van der Waals surface area contributed by atoms with Gasteiger partial charge in [-0.2, -0.15) is 0 Å². The smallest absolute Gasteiger partial charge is 0.0689 e. The minimum absolute atomic E-state index is 0.209. The molecule has 2 aliphatic rings. The van der Waals surface area contributed by atoms with Crippen molar-refractivity contribution in [1.29, 1.82) is 0 Å². The highest BCUT2D eigenvalue weighted by molar-refractivity contribution is 5.12. The van der Waals surface area contributed by atoms with Crippen LogP contribution >= 0.6 is 0 Å². The maximum atomic E-state index is 6.05. The number of nitrogens with one attached hydrogen (secondary N) is 1. The molecule has 1 unspecified atom stereocenters. The molecule has 26 heavy (non-hydrogen) atoms. The van der Waals surface area contributed by atoms with Gasteiger partial charge in [-0.15, -0.1) is 0 Å². The molecule has 2 fully saturated rings. The van der Waals surface area contributed by atoms with Gasteiger partial charge in [0.05, 0.1) is 5.60 Å². The van der Waals surface area contributed by atoms with E-state index in [2.05, 4.69) is 40.4 Å². The first-order valence-electron chi connectivity index (χ1n) is 9.96. The van der Waals surface area contributed by atoms with Crippen molar-refractivity contribution in [2.24, 2.45) is 0 Å². The lowest BCUT2D eigenvalue weighted by Crippen LogP contribution is -2.36. The van der Waals surface area contributed by atoms with Crippen molar-refractivity contribution in [2.75, 3.05) is 13.2 Å². The van der Waals surface area contributed by atoms with Gasteiger partial charge in [-0.05, 0) is 56.0 Å². The summed E-state index contributed by atoms with van der Waals surface area (Å²) in [4.78, 5) is 8.50. The summed E-state index contributed by atoms with van der Waals surface area (Å²) in [5, 5.41) is 3.22. The number of hydrogen-bond donors (Lipinski definition) is 1. The molecule has 1 N–H and O–H groups in total. The van der Waals surface area contributed by atoms with Crippen molar-refractivity contribution < 1.29 is 4.74 Å². The lowest BCUT2D eigenvalue weighted by atomic mass is 9.83. The monoisotopic (exact) mass is 353 g/mol. The molecule has 0 aromatic carbocycles. The van der Waals surface area contributed by atoms with Gasteiger partial charge in [-0.25, -0.2) is 0 Å². The van der Waals surface area contributed by atoms with Crippen LogP contribution in [0, 0.1) is 0 Å². The van der Waals surface area contributed by atoms with Gasteiger partial charge in [0.15, 0.2) is 0 Å². The molecule has 1 saturated carbocycles.